The number of sulfone groups is 1. The monoisotopic (exact) mass is 549 g/mol. The van der Waals surface area contributed by atoms with E-state index in [0.29, 0.717) is 5.56 Å². The summed E-state index contributed by atoms with van der Waals surface area (Å²) in [5, 5.41) is 8.99. The second-order valence-electron chi connectivity index (χ2n) is 8.50. The quantitative estimate of drug-likeness (QED) is 0.120. The molecule has 3 rings (SSSR count). The lowest BCUT2D eigenvalue weighted by Crippen LogP contribution is -2.72. The number of benzene rings is 1. The minimum Gasteiger partial charge on any atom is -0.460 e. The lowest BCUT2D eigenvalue weighted by molar-refractivity contribution is -0.384. The third kappa shape index (κ3) is 4.91. The molecular formula is C19H23N3O12S2. The predicted octanol–water partition coefficient (Wildman–Crippen LogP) is -1.18. The molecule has 1 aromatic carbocycles. The summed E-state index contributed by atoms with van der Waals surface area (Å²) in [5.41, 5.74) is 0.171. The maximum atomic E-state index is 13.1. The molecule has 0 saturated carbocycles. The van der Waals surface area contributed by atoms with Crippen LogP contribution in [0, 0.1) is 10.1 Å². The van der Waals surface area contributed by atoms with E-state index < -0.39 is 77.4 Å². The first kappa shape index (κ1) is 27.4. The smallest absolute Gasteiger partial charge is 0.332 e. The van der Waals surface area contributed by atoms with Gasteiger partial charge in [0.2, 0.25) is 15.9 Å². The van der Waals surface area contributed by atoms with Gasteiger partial charge in [0.1, 0.15) is 23.4 Å². The fourth-order valence-corrected chi connectivity index (χ4v) is 7.29. The number of ether oxygens (including phenoxy) is 3. The number of esters is 2. The van der Waals surface area contributed by atoms with E-state index in [2.05, 4.69) is 4.74 Å². The van der Waals surface area contributed by atoms with Gasteiger partial charge in [0.25, 0.3) is 5.69 Å². The molecule has 0 spiro atoms. The Morgan fingerprint density at radius 1 is 1.19 bits per heavy atom. The molecule has 2 aliphatic rings. The summed E-state index contributed by atoms with van der Waals surface area (Å²) in [5.74, 6) is -4.44. The first-order valence-electron chi connectivity index (χ1n) is 10.2. The van der Waals surface area contributed by atoms with Gasteiger partial charge in [0.05, 0.1) is 4.92 Å². The number of carbonyl (C=O) groups is 3. The lowest BCUT2D eigenvalue weighted by Gasteiger charge is -2.42. The molecule has 2 saturated heterocycles. The summed E-state index contributed by atoms with van der Waals surface area (Å²) < 4.78 is 65.5. The van der Waals surface area contributed by atoms with E-state index in [4.69, 9.17) is 9.47 Å². The number of carbonyl (C=O) groups excluding carboxylic acids is 3. The number of amides is 1. The van der Waals surface area contributed by atoms with E-state index in [0.717, 1.165) is 4.90 Å². The maximum absolute atomic E-state index is 13.1. The van der Waals surface area contributed by atoms with Gasteiger partial charge in [-0.05, 0) is 31.5 Å². The molecule has 15 nitrogen and oxygen atoms in total. The highest BCUT2D eigenvalue weighted by Crippen LogP contribution is 2.46. The van der Waals surface area contributed by atoms with Gasteiger partial charge in [-0.2, -0.15) is 4.72 Å². The number of hydrogen-bond acceptors (Lipinski definition) is 12. The Bertz CT molecular complexity index is 1290. The van der Waals surface area contributed by atoms with Gasteiger partial charge < -0.3 is 19.1 Å². The van der Waals surface area contributed by atoms with Crippen molar-refractivity contribution in [2.75, 3.05) is 19.7 Å². The average molecular weight is 550 g/mol. The van der Waals surface area contributed by atoms with Crippen LogP contribution in [0.25, 0.3) is 0 Å². The Labute approximate surface area is 205 Å². The zero-order chi connectivity index (χ0) is 27.1. The summed E-state index contributed by atoms with van der Waals surface area (Å²) in [6.45, 7) is 1.58. The summed E-state index contributed by atoms with van der Waals surface area (Å²) in [4.78, 5) is 47.9. The van der Waals surface area contributed by atoms with Crippen LogP contribution in [0.5, 0.6) is 0 Å². The number of nitro groups is 1. The molecular weight excluding hydrogens is 526 g/mol. The van der Waals surface area contributed by atoms with Gasteiger partial charge in [0, 0.05) is 19.2 Å². The molecule has 198 valence electrons. The number of non-ortho nitro benzene ring substituents is 1. The lowest BCUT2D eigenvalue weighted by atomic mass is 9.96. The topological polar surface area (TPSA) is 206 Å². The highest BCUT2D eigenvalue weighted by atomic mass is 32.2. The molecule has 1 amide bonds. The van der Waals surface area contributed by atoms with Crippen molar-refractivity contribution >= 4 is 43.4 Å². The van der Waals surface area contributed by atoms with Crippen molar-refractivity contribution in [1.82, 2.24) is 9.62 Å². The third-order valence-electron chi connectivity index (χ3n) is 5.77. The summed E-state index contributed by atoms with van der Waals surface area (Å²) in [6, 6.07) is 1.72. The van der Waals surface area contributed by atoms with Gasteiger partial charge in [-0.25, -0.2) is 21.6 Å². The van der Waals surface area contributed by atoms with E-state index in [9.17, 15) is 41.3 Å². The Balaban J connectivity index is 1.66. The van der Waals surface area contributed by atoms with Gasteiger partial charge in [-0.1, -0.05) is 0 Å². The van der Waals surface area contributed by atoms with Crippen LogP contribution in [-0.4, -0.2) is 86.4 Å². The molecule has 2 heterocycles. The molecule has 3 atom stereocenters. The zero-order valence-electron chi connectivity index (χ0n) is 19.3. The fraction of sp³-hybridized carbons (Fsp3) is 0.526. The Morgan fingerprint density at radius 3 is 2.36 bits per heavy atom. The number of nitrogens with one attached hydrogen (secondary N) is 1. The highest BCUT2D eigenvalue weighted by molar-refractivity contribution is 7.94. The first-order valence-corrected chi connectivity index (χ1v) is 13.4. The number of methoxy groups -OCH3 is 1. The minimum atomic E-state index is -4.54. The van der Waals surface area contributed by atoms with Crippen LogP contribution in [0.2, 0.25) is 0 Å². The highest BCUT2D eigenvalue weighted by Gasteiger charge is 2.73. The number of hydrogen-bond donors (Lipinski definition) is 1. The Hall–Kier alpha value is -3.15. The van der Waals surface area contributed by atoms with Gasteiger partial charge >= 0.3 is 11.9 Å². The minimum absolute atomic E-state index is 0.185. The summed E-state index contributed by atoms with van der Waals surface area (Å²) >= 11 is 0. The number of sulfonamides is 1. The van der Waals surface area contributed by atoms with Crippen LogP contribution in [0.4, 0.5) is 5.69 Å². The van der Waals surface area contributed by atoms with E-state index >= 15 is 0 Å². The standard InChI is InChI=1S/C19H23N3O12S2/c1-19(2)15(18(25)34-10-32-3)21-16(24)14(17(21)36(19,30)31)20-35(28,29)9-13(23)33-8-11-4-6-12(7-5-11)22(26)27/h4-7,14-15,17,20H,8-10H2,1-3H3/t14-,15+,17-/m1/s1. The number of nitrogens with zero attached hydrogens (tertiary/aromatic N) is 2. The molecule has 36 heavy (non-hydrogen) atoms. The van der Waals surface area contributed by atoms with Gasteiger partial charge in [-0.15, -0.1) is 0 Å². The molecule has 1 aromatic rings. The fourth-order valence-electron chi connectivity index (χ4n) is 3.90. The summed E-state index contributed by atoms with van der Waals surface area (Å²) in [7, 11) is -7.55. The number of rotatable bonds is 10. The van der Waals surface area contributed by atoms with Crippen LogP contribution in [0.1, 0.15) is 19.4 Å². The first-order chi connectivity index (χ1) is 16.6. The normalized spacial score (nSPS) is 23.9. The summed E-state index contributed by atoms with van der Waals surface area (Å²) in [6.07, 6.45) is 0. The zero-order valence-corrected chi connectivity index (χ0v) is 20.9. The second-order valence-corrected chi connectivity index (χ2v) is 12.9. The molecule has 0 unspecified atom stereocenters. The molecule has 0 bridgehead atoms. The molecule has 2 aliphatic heterocycles. The SMILES string of the molecule is COCOC(=O)[C@@H]1N2C(=O)[C@@H](NS(=O)(=O)CC(=O)OCc3ccc([N+](=O)[O-])cc3)[C@H]2S(=O)(=O)C1(C)C. The van der Waals surface area contributed by atoms with E-state index in [-0.39, 0.29) is 12.3 Å². The second kappa shape index (κ2) is 9.72. The predicted molar refractivity (Wildman–Crippen MR) is 119 cm³/mol. The Morgan fingerprint density at radius 2 is 1.81 bits per heavy atom. The molecule has 1 N–H and O–H groups in total. The van der Waals surface area contributed by atoms with Gasteiger partial charge in [0.15, 0.2) is 27.8 Å². The van der Waals surface area contributed by atoms with Crippen LogP contribution in [0.15, 0.2) is 24.3 Å². The van der Waals surface area contributed by atoms with Crippen LogP contribution in [0.3, 0.4) is 0 Å². The Kier molecular flexibility index (Phi) is 7.41. The van der Waals surface area contributed by atoms with Crippen molar-refractivity contribution in [1.29, 1.82) is 0 Å². The van der Waals surface area contributed by atoms with Crippen molar-refractivity contribution in [3.63, 3.8) is 0 Å². The molecule has 2 fully saturated rings. The molecule has 0 aromatic heterocycles. The van der Waals surface area contributed by atoms with Crippen LogP contribution < -0.4 is 4.72 Å². The number of β-lactam (4-membered cyclic amide) rings is 1. The van der Waals surface area contributed by atoms with Crippen molar-refractivity contribution in [2.45, 2.75) is 42.7 Å². The van der Waals surface area contributed by atoms with Crippen molar-refractivity contribution < 1.29 is 50.4 Å². The average Bonchev–Trinajstić information content (AvgIpc) is 2.94. The van der Waals surface area contributed by atoms with E-state index in [1.165, 1.54) is 45.2 Å². The number of fused-ring (bicyclic) bond motifs is 1. The molecule has 0 radical (unpaired) electrons. The van der Waals surface area contributed by atoms with Gasteiger partial charge in [-0.3, -0.25) is 19.7 Å². The third-order valence-corrected chi connectivity index (χ3v) is 9.83. The van der Waals surface area contributed by atoms with Crippen molar-refractivity contribution in [2.24, 2.45) is 0 Å². The number of nitro benzene ring substituents is 1. The van der Waals surface area contributed by atoms with E-state index in [1.807, 2.05) is 4.72 Å². The largest absolute Gasteiger partial charge is 0.460 e. The van der Waals surface area contributed by atoms with Crippen LogP contribution >= 0.6 is 0 Å². The van der Waals surface area contributed by atoms with Crippen LogP contribution in [-0.2, 0) is 55.1 Å². The van der Waals surface area contributed by atoms with E-state index in [1.54, 1.807) is 0 Å². The molecule has 17 heteroatoms. The van der Waals surface area contributed by atoms with Crippen molar-refractivity contribution in [3.8, 4) is 0 Å². The maximum Gasteiger partial charge on any atom is 0.332 e. The van der Waals surface area contributed by atoms with Crippen molar-refractivity contribution in [3.05, 3.63) is 39.9 Å². The molecule has 0 aliphatic carbocycles.